The first-order valence-electron chi connectivity index (χ1n) is 10.1. The third-order valence-corrected chi connectivity index (χ3v) is 6.38. The summed E-state index contributed by atoms with van der Waals surface area (Å²) >= 11 is 0. The van der Waals surface area contributed by atoms with Gasteiger partial charge in [-0.25, -0.2) is 0 Å². The first-order chi connectivity index (χ1) is 13.0. The van der Waals surface area contributed by atoms with Crippen molar-refractivity contribution in [2.45, 2.75) is 70.1 Å². The number of benzene rings is 1. The largest absolute Gasteiger partial charge is 0.349 e. The summed E-state index contributed by atoms with van der Waals surface area (Å²) < 4.78 is 1.73. The summed E-state index contributed by atoms with van der Waals surface area (Å²) in [5, 5.41) is 4.10. The van der Waals surface area contributed by atoms with Crippen molar-refractivity contribution < 1.29 is 4.79 Å². The molecule has 2 aromatic rings. The van der Waals surface area contributed by atoms with Crippen LogP contribution in [0, 0.1) is 0 Å². The number of nitrogens with zero attached hydrogens (tertiary/aromatic N) is 2. The fourth-order valence-electron chi connectivity index (χ4n) is 4.96. The number of aromatic nitrogens is 1. The molecule has 2 saturated heterocycles. The molecule has 0 radical (unpaired) electrons. The molecule has 0 spiro atoms. The van der Waals surface area contributed by atoms with E-state index in [1.165, 1.54) is 19.3 Å². The summed E-state index contributed by atoms with van der Waals surface area (Å²) in [7, 11) is 2.21. The highest BCUT2D eigenvalue weighted by Crippen LogP contribution is 2.32. The Bertz CT molecular complexity index is 903. The van der Waals surface area contributed by atoms with E-state index in [1.807, 2.05) is 38.1 Å². The maximum Gasteiger partial charge on any atom is 0.264 e. The second kappa shape index (κ2) is 7.12. The van der Waals surface area contributed by atoms with Gasteiger partial charge in [-0.2, -0.15) is 0 Å². The van der Waals surface area contributed by atoms with Crippen LogP contribution in [-0.2, 0) is 0 Å². The Morgan fingerprint density at radius 3 is 2.48 bits per heavy atom. The van der Waals surface area contributed by atoms with Gasteiger partial charge in [-0.15, -0.1) is 0 Å². The van der Waals surface area contributed by atoms with Gasteiger partial charge in [0.25, 0.3) is 11.5 Å². The molecule has 0 saturated carbocycles. The molecule has 1 aromatic carbocycles. The summed E-state index contributed by atoms with van der Waals surface area (Å²) in [6.07, 6.45) is 5.64. The van der Waals surface area contributed by atoms with Crippen molar-refractivity contribution in [2.75, 3.05) is 7.05 Å². The van der Waals surface area contributed by atoms with Crippen LogP contribution >= 0.6 is 0 Å². The highest BCUT2D eigenvalue weighted by molar-refractivity contribution is 5.97. The van der Waals surface area contributed by atoms with E-state index in [0.29, 0.717) is 12.1 Å². The molecule has 1 aromatic heterocycles. The zero-order valence-corrected chi connectivity index (χ0v) is 16.4. The number of amides is 1. The van der Waals surface area contributed by atoms with Crippen molar-refractivity contribution in [1.82, 2.24) is 14.8 Å². The van der Waals surface area contributed by atoms with Gasteiger partial charge in [-0.1, -0.05) is 24.6 Å². The normalized spacial score (nSPS) is 25.7. The molecule has 27 heavy (non-hydrogen) atoms. The summed E-state index contributed by atoms with van der Waals surface area (Å²) in [5.41, 5.74) is 0.934. The van der Waals surface area contributed by atoms with E-state index >= 15 is 0 Å². The Labute approximate surface area is 160 Å². The van der Waals surface area contributed by atoms with Crippen LogP contribution in [0.5, 0.6) is 0 Å². The fourth-order valence-corrected chi connectivity index (χ4v) is 4.96. The van der Waals surface area contributed by atoms with Crippen LogP contribution < -0.4 is 10.9 Å². The van der Waals surface area contributed by atoms with Gasteiger partial charge in [-0.3, -0.25) is 9.59 Å². The Morgan fingerprint density at radius 2 is 1.81 bits per heavy atom. The van der Waals surface area contributed by atoms with E-state index in [4.69, 9.17) is 0 Å². The predicted molar refractivity (Wildman–Crippen MR) is 108 cm³/mol. The van der Waals surface area contributed by atoms with E-state index in [-0.39, 0.29) is 29.1 Å². The average Bonchev–Trinajstić information content (AvgIpc) is 2.61. The number of hydrogen-bond acceptors (Lipinski definition) is 3. The second-order valence-electron chi connectivity index (χ2n) is 8.43. The van der Waals surface area contributed by atoms with Crippen molar-refractivity contribution >= 4 is 16.8 Å². The minimum atomic E-state index is -0.229. The molecule has 1 N–H and O–H groups in total. The summed E-state index contributed by atoms with van der Waals surface area (Å²) in [6.45, 7) is 3.96. The molecular formula is C22H29N3O2. The van der Waals surface area contributed by atoms with Gasteiger partial charge >= 0.3 is 0 Å². The fraction of sp³-hybridized carbons (Fsp3) is 0.545. The zero-order valence-electron chi connectivity index (χ0n) is 16.4. The molecule has 2 bridgehead atoms. The summed E-state index contributed by atoms with van der Waals surface area (Å²) in [4.78, 5) is 28.5. The third kappa shape index (κ3) is 3.29. The number of pyridine rings is 1. The van der Waals surface area contributed by atoms with Gasteiger partial charge in [0.1, 0.15) is 5.56 Å². The van der Waals surface area contributed by atoms with Crippen molar-refractivity contribution in [3.8, 4) is 0 Å². The number of carbonyl (C=O) groups is 1. The number of nitrogens with one attached hydrogen (secondary N) is 1. The van der Waals surface area contributed by atoms with Crippen LogP contribution in [0.4, 0.5) is 0 Å². The minimum absolute atomic E-state index is 0.00200. The predicted octanol–water partition coefficient (Wildman–Crippen LogP) is 3.33. The quantitative estimate of drug-likeness (QED) is 0.905. The summed E-state index contributed by atoms with van der Waals surface area (Å²) in [6, 6.07) is 10.8. The lowest BCUT2D eigenvalue weighted by molar-refractivity contribution is 0.0462. The lowest BCUT2D eigenvalue weighted by atomic mass is 9.82. The van der Waals surface area contributed by atoms with E-state index in [2.05, 4.69) is 17.3 Å². The van der Waals surface area contributed by atoms with Gasteiger partial charge in [0.2, 0.25) is 0 Å². The van der Waals surface area contributed by atoms with Gasteiger partial charge < -0.3 is 14.8 Å². The van der Waals surface area contributed by atoms with Crippen LogP contribution in [0.15, 0.2) is 35.1 Å². The van der Waals surface area contributed by atoms with E-state index in [9.17, 15) is 9.59 Å². The highest BCUT2D eigenvalue weighted by Gasteiger charge is 2.36. The number of fused-ring (bicyclic) bond motifs is 3. The average molecular weight is 367 g/mol. The molecule has 144 valence electrons. The van der Waals surface area contributed by atoms with E-state index < -0.39 is 0 Å². The number of piperidine rings is 2. The lowest BCUT2D eigenvalue weighted by Crippen LogP contribution is -2.55. The van der Waals surface area contributed by atoms with Gasteiger partial charge in [0, 0.05) is 24.2 Å². The van der Waals surface area contributed by atoms with Gasteiger partial charge in [-0.05, 0) is 64.1 Å². The number of carbonyl (C=O) groups excluding carboxylic acids is 1. The van der Waals surface area contributed by atoms with E-state index in [1.54, 1.807) is 10.6 Å². The van der Waals surface area contributed by atoms with Crippen LogP contribution in [0.25, 0.3) is 10.9 Å². The van der Waals surface area contributed by atoms with Crippen LogP contribution in [0.3, 0.4) is 0 Å². The molecule has 2 aliphatic heterocycles. The Balaban J connectivity index is 1.63. The molecule has 2 fully saturated rings. The first kappa shape index (κ1) is 18.2. The summed E-state index contributed by atoms with van der Waals surface area (Å²) in [5.74, 6) is -0.229. The maximum atomic E-state index is 13.0. The molecule has 2 atom stereocenters. The van der Waals surface area contributed by atoms with Gasteiger partial charge in [0.15, 0.2) is 0 Å². The standard InChI is InChI=1S/C22H29N3O2/c1-14(2)25-20-10-5-4-7-15(20)11-19(22(25)27)21(26)23-16-12-17-8-6-9-18(13-16)24(17)3/h4-5,7,10-11,14,16-18H,6,8-9,12-13H2,1-3H3,(H,23,26). The Kier molecular flexibility index (Phi) is 4.81. The molecule has 3 heterocycles. The molecular weight excluding hydrogens is 338 g/mol. The molecule has 0 aliphatic carbocycles. The topological polar surface area (TPSA) is 54.3 Å². The van der Waals surface area contributed by atoms with Crippen molar-refractivity contribution in [3.05, 3.63) is 46.2 Å². The highest BCUT2D eigenvalue weighted by atomic mass is 16.2. The molecule has 5 heteroatoms. The smallest absolute Gasteiger partial charge is 0.264 e. The maximum absolute atomic E-state index is 13.0. The Hall–Kier alpha value is -2.14. The van der Waals surface area contributed by atoms with Crippen molar-refractivity contribution in [2.24, 2.45) is 0 Å². The number of hydrogen-bond donors (Lipinski definition) is 1. The molecule has 2 unspecified atom stereocenters. The van der Waals surface area contributed by atoms with Crippen LogP contribution in [-0.4, -0.2) is 40.5 Å². The third-order valence-electron chi connectivity index (χ3n) is 6.38. The van der Waals surface area contributed by atoms with Crippen LogP contribution in [0.1, 0.15) is 62.4 Å². The Morgan fingerprint density at radius 1 is 1.15 bits per heavy atom. The number of rotatable bonds is 3. The molecule has 4 rings (SSSR count). The lowest BCUT2D eigenvalue weighted by Gasteiger charge is -2.47. The van der Waals surface area contributed by atoms with E-state index in [0.717, 1.165) is 23.7 Å². The zero-order chi connectivity index (χ0) is 19.1. The van der Waals surface area contributed by atoms with Crippen molar-refractivity contribution in [3.63, 3.8) is 0 Å². The van der Waals surface area contributed by atoms with Gasteiger partial charge in [0.05, 0.1) is 5.52 Å². The minimum Gasteiger partial charge on any atom is -0.349 e. The second-order valence-corrected chi connectivity index (χ2v) is 8.43. The molecule has 2 aliphatic rings. The molecule has 5 nitrogen and oxygen atoms in total. The van der Waals surface area contributed by atoms with Crippen LogP contribution in [0.2, 0.25) is 0 Å². The number of para-hydroxylation sites is 1. The van der Waals surface area contributed by atoms with Crippen molar-refractivity contribution in [1.29, 1.82) is 0 Å². The molecule has 1 amide bonds. The SMILES string of the molecule is CC(C)n1c(=O)c(C(=O)NC2CC3CCCC(C2)N3C)cc2ccccc21. The monoisotopic (exact) mass is 367 g/mol. The first-order valence-corrected chi connectivity index (χ1v) is 10.1.